The molecule has 1 N–H and O–H groups in total. The van der Waals surface area contributed by atoms with Gasteiger partial charge in [0.25, 0.3) is 0 Å². The molecule has 0 spiro atoms. The fraction of sp³-hybridized carbons (Fsp3) is 0.125. The highest BCUT2D eigenvalue weighted by molar-refractivity contribution is 8.00. The maximum absolute atomic E-state index is 12.8. The van der Waals surface area contributed by atoms with E-state index in [9.17, 15) is 4.79 Å². The molecule has 0 saturated carbocycles. The van der Waals surface area contributed by atoms with Crippen molar-refractivity contribution in [2.75, 3.05) is 12.4 Å². The van der Waals surface area contributed by atoms with E-state index in [1.54, 1.807) is 13.2 Å². The number of halogens is 1. The second-order valence-electron chi connectivity index (χ2n) is 6.94. The molecule has 3 aromatic carbocycles. The first kappa shape index (κ1) is 21.9. The van der Waals surface area contributed by atoms with Gasteiger partial charge in [-0.3, -0.25) is 9.36 Å². The molecule has 32 heavy (non-hydrogen) atoms. The molecule has 1 heterocycles. The second-order valence-corrected chi connectivity index (χ2v) is 8.68. The summed E-state index contributed by atoms with van der Waals surface area (Å²) in [6, 6.07) is 24.4. The van der Waals surface area contributed by atoms with Crippen LogP contribution in [0.3, 0.4) is 0 Å². The molecule has 0 bridgehead atoms. The minimum absolute atomic E-state index is 0.124. The van der Waals surface area contributed by atoms with Gasteiger partial charge in [-0.05, 0) is 49.4 Å². The summed E-state index contributed by atoms with van der Waals surface area (Å²) in [5.74, 6) is 1.15. The maximum Gasteiger partial charge on any atom is 0.237 e. The lowest BCUT2D eigenvalue weighted by Gasteiger charge is -2.15. The van der Waals surface area contributed by atoms with Crippen molar-refractivity contribution >= 4 is 35.0 Å². The Morgan fingerprint density at radius 1 is 1.03 bits per heavy atom. The lowest BCUT2D eigenvalue weighted by molar-refractivity contribution is -0.115. The third-order valence-electron chi connectivity index (χ3n) is 4.74. The number of benzene rings is 3. The van der Waals surface area contributed by atoms with Gasteiger partial charge in [0.05, 0.1) is 23.6 Å². The Morgan fingerprint density at radius 3 is 2.53 bits per heavy atom. The molecule has 0 saturated heterocycles. The lowest BCUT2D eigenvalue weighted by Crippen LogP contribution is -2.22. The quantitative estimate of drug-likeness (QED) is 0.354. The summed E-state index contributed by atoms with van der Waals surface area (Å²) >= 11 is 7.59. The topological polar surface area (TPSA) is 69.0 Å². The molecule has 0 aliphatic rings. The first-order chi connectivity index (χ1) is 15.6. The van der Waals surface area contributed by atoms with Gasteiger partial charge in [-0.25, -0.2) is 0 Å². The summed E-state index contributed by atoms with van der Waals surface area (Å²) < 4.78 is 7.42. The molecule has 0 fully saturated rings. The summed E-state index contributed by atoms with van der Waals surface area (Å²) in [5.41, 5.74) is 2.33. The van der Waals surface area contributed by atoms with Gasteiger partial charge >= 0.3 is 0 Å². The molecule has 0 aliphatic carbocycles. The Kier molecular flexibility index (Phi) is 6.78. The molecule has 0 aliphatic heterocycles. The molecule has 0 unspecified atom stereocenters. The number of ether oxygens (including phenoxy) is 1. The highest BCUT2D eigenvalue weighted by Gasteiger charge is 2.23. The Labute approximate surface area is 195 Å². The first-order valence-corrected chi connectivity index (χ1v) is 11.2. The highest BCUT2D eigenvalue weighted by atomic mass is 35.5. The normalized spacial score (nSPS) is 11.7. The van der Waals surface area contributed by atoms with Crippen LogP contribution in [0.2, 0.25) is 5.02 Å². The van der Waals surface area contributed by atoms with Crippen LogP contribution in [0.4, 0.5) is 5.69 Å². The number of amides is 1. The van der Waals surface area contributed by atoms with E-state index < -0.39 is 5.25 Å². The van der Waals surface area contributed by atoms with Gasteiger partial charge in [-0.1, -0.05) is 59.8 Å². The van der Waals surface area contributed by atoms with E-state index in [1.807, 2.05) is 84.3 Å². The molecule has 4 aromatic rings. The van der Waals surface area contributed by atoms with Crippen molar-refractivity contribution in [1.82, 2.24) is 14.8 Å². The number of hydrogen-bond acceptors (Lipinski definition) is 5. The number of carbonyl (C=O) groups excluding carboxylic acids is 1. The average Bonchev–Trinajstić information content (AvgIpc) is 3.23. The van der Waals surface area contributed by atoms with Crippen molar-refractivity contribution in [3.05, 3.63) is 83.9 Å². The minimum atomic E-state index is -0.414. The van der Waals surface area contributed by atoms with Gasteiger partial charge in [-0.2, -0.15) is 0 Å². The van der Waals surface area contributed by atoms with E-state index in [0.29, 0.717) is 21.8 Å². The number of thioether (sulfide) groups is 1. The van der Waals surface area contributed by atoms with E-state index >= 15 is 0 Å². The fourth-order valence-corrected chi connectivity index (χ4v) is 4.23. The molecule has 4 rings (SSSR count). The number of carbonyl (C=O) groups is 1. The van der Waals surface area contributed by atoms with E-state index in [2.05, 4.69) is 15.5 Å². The van der Waals surface area contributed by atoms with E-state index in [4.69, 9.17) is 16.3 Å². The third kappa shape index (κ3) is 4.79. The van der Waals surface area contributed by atoms with Crippen molar-refractivity contribution in [1.29, 1.82) is 0 Å². The number of hydrogen-bond donors (Lipinski definition) is 1. The van der Waals surface area contributed by atoms with Crippen LogP contribution >= 0.6 is 23.4 Å². The Hall–Kier alpha value is -3.29. The zero-order chi connectivity index (χ0) is 22.5. The molecule has 1 amide bonds. The van der Waals surface area contributed by atoms with Crippen LogP contribution in [0.5, 0.6) is 5.75 Å². The number of aromatic nitrogens is 3. The van der Waals surface area contributed by atoms with Gasteiger partial charge in [0, 0.05) is 10.7 Å². The molecule has 1 aromatic heterocycles. The van der Waals surface area contributed by atoms with Gasteiger partial charge in [0.2, 0.25) is 5.91 Å². The predicted octanol–water partition coefficient (Wildman–Crippen LogP) is 5.72. The number of anilines is 1. The third-order valence-corrected chi connectivity index (χ3v) is 6.02. The molecular formula is C24H21ClN4O2S. The standard InChI is InChI=1S/C24H21ClN4O2S/c1-16(23(30)26-18-10-4-3-5-11-18)32-24-28-27-22(20-13-6-7-14-21(20)31-2)29(24)19-12-8-9-17(25)15-19/h3-16H,1-2H3,(H,26,30)/t16-/m1/s1. The molecule has 1 atom stereocenters. The molecule has 162 valence electrons. The Bertz CT molecular complexity index is 1230. The van der Waals surface area contributed by atoms with E-state index in [1.165, 1.54) is 11.8 Å². The predicted molar refractivity (Wildman–Crippen MR) is 129 cm³/mol. The number of para-hydroxylation sites is 2. The van der Waals surface area contributed by atoms with Crippen LogP contribution in [0, 0.1) is 0 Å². The number of methoxy groups -OCH3 is 1. The number of nitrogens with one attached hydrogen (secondary N) is 1. The summed E-state index contributed by atoms with van der Waals surface area (Å²) in [5, 5.41) is 12.5. The smallest absolute Gasteiger partial charge is 0.237 e. The highest BCUT2D eigenvalue weighted by Crippen LogP contribution is 2.35. The van der Waals surface area contributed by atoms with Crippen molar-refractivity contribution < 1.29 is 9.53 Å². The average molecular weight is 465 g/mol. The molecular weight excluding hydrogens is 444 g/mol. The van der Waals surface area contributed by atoms with Gasteiger partial charge in [0.15, 0.2) is 11.0 Å². The number of rotatable bonds is 7. The zero-order valence-corrected chi connectivity index (χ0v) is 19.1. The van der Waals surface area contributed by atoms with Gasteiger partial charge in [-0.15, -0.1) is 10.2 Å². The monoisotopic (exact) mass is 464 g/mol. The maximum atomic E-state index is 12.8. The van der Waals surface area contributed by atoms with Crippen molar-refractivity contribution in [3.8, 4) is 22.8 Å². The molecule has 0 radical (unpaired) electrons. The van der Waals surface area contributed by atoms with Crippen molar-refractivity contribution in [3.63, 3.8) is 0 Å². The van der Waals surface area contributed by atoms with Crippen LogP contribution in [0.1, 0.15) is 6.92 Å². The number of nitrogens with zero attached hydrogens (tertiary/aromatic N) is 3. The Balaban J connectivity index is 1.71. The summed E-state index contributed by atoms with van der Waals surface area (Å²) in [6.45, 7) is 1.84. The SMILES string of the molecule is COc1ccccc1-c1nnc(S[C@H](C)C(=O)Nc2ccccc2)n1-c1cccc(Cl)c1. The van der Waals surface area contributed by atoms with E-state index in [0.717, 1.165) is 16.9 Å². The largest absolute Gasteiger partial charge is 0.496 e. The lowest BCUT2D eigenvalue weighted by atomic mass is 10.2. The van der Waals surface area contributed by atoms with Crippen LogP contribution in [-0.4, -0.2) is 33.0 Å². The molecule has 8 heteroatoms. The van der Waals surface area contributed by atoms with Crippen LogP contribution < -0.4 is 10.1 Å². The van der Waals surface area contributed by atoms with Crippen LogP contribution in [-0.2, 0) is 4.79 Å². The van der Waals surface area contributed by atoms with Crippen LogP contribution in [0.15, 0.2) is 84.0 Å². The fourth-order valence-electron chi connectivity index (χ4n) is 3.18. The first-order valence-electron chi connectivity index (χ1n) is 9.94. The van der Waals surface area contributed by atoms with E-state index in [-0.39, 0.29) is 5.91 Å². The van der Waals surface area contributed by atoms with Gasteiger partial charge < -0.3 is 10.1 Å². The summed E-state index contributed by atoms with van der Waals surface area (Å²) in [4.78, 5) is 12.8. The summed E-state index contributed by atoms with van der Waals surface area (Å²) in [6.07, 6.45) is 0. The zero-order valence-electron chi connectivity index (χ0n) is 17.5. The van der Waals surface area contributed by atoms with Crippen molar-refractivity contribution in [2.24, 2.45) is 0 Å². The minimum Gasteiger partial charge on any atom is -0.496 e. The van der Waals surface area contributed by atoms with Crippen LogP contribution in [0.25, 0.3) is 17.1 Å². The molecule has 6 nitrogen and oxygen atoms in total. The second kappa shape index (κ2) is 9.89. The van der Waals surface area contributed by atoms with Crippen molar-refractivity contribution in [2.45, 2.75) is 17.3 Å². The summed E-state index contributed by atoms with van der Waals surface area (Å²) in [7, 11) is 1.62. The van der Waals surface area contributed by atoms with Gasteiger partial charge in [0.1, 0.15) is 5.75 Å². The Morgan fingerprint density at radius 2 is 1.78 bits per heavy atom.